The Balaban J connectivity index is 2.23. The molecular formula is C12H14FNO3. The quantitative estimate of drug-likeness (QED) is 0.741. The lowest BCUT2D eigenvalue weighted by molar-refractivity contribution is 0.0572. The Morgan fingerprint density at radius 3 is 2.53 bits per heavy atom. The highest BCUT2D eigenvalue weighted by atomic mass is 19.1. The molecule has 1 amide bonds. The summed E-state index contributed by atoms with van der Waals surface area (Å²) in [6, 6.07) is 4.29. The summed E-state index contributed by atoms with van der Waals surface area (Å²) in [6.07, 6.45) is -1.90. The number of carbonyl (C=O) groups is 1. The van der Waals surface area contributed by atoms with Gasteiger partial charge in [0.2, 0.25) is 0 Å². The Morgan fingerprint density at radius 2 is 1.94 bits per heavy atom. The second kappa shape index (κ2) is 4.43. The highest BCUT2D eigenvalue weighted by Crippen LogP contribution is 2.17. The number of aliphatic hydroxyl groups is 2. The summed E-state index contributed by atoms with van der Waals surface area (Å²) < 4.78 is 13.5. The molecule has 1 aromatic rings. The first kappa shape index (κ1) is 12.0. The van der Waals surface area contributed by atoms with Crippen molar-refractivity contribution in [2.75, 3.05) is 13.1 Å². The van der Waals surface area contributed by atoms with Crippen molar-refractivity contribution >= 4 is 5.91 Å². The van der Waals surface area contributed by atoms with E-state index >= 15 is 0 Å². The van der Waals surface area contributed by atoms with Crippen molar-refractivity contribution in [1.29, 1.82) is 0 Å². The number of hydrogen-bond donors (Lipinski definition) is 2. The lowest BCUT2D eigenvalue weighted by Gasteiger charge is -2.16. The van der Waals surface area contributed by atoms with Crippen LogP contribution < -0.4 is 0 Å². The van der Waals surface area contributed by atoms with Crippen LogP contribution in [0, 0.1) is 12.7 Å². The summed E-state index contributed by atoms with van der Waals surface area (Å²) in [5.74, 6) is -1.08. The summed E-state index contributed by atoms with van der Waals surface area (Å²) in [5, 5.41) is 18.7. The molecule has 1 fully saturated rings. The molecule has 0 spiro atoms. The Bertz CT molecular complexity index is 439. The molecule has 1 aliphatic heterocycles. The number of aryl methyl sites for hydroxylation is 1. The summed E-state index contributed by atoms with van der Waals surface area (Å²) in [7, 11) is 0. The van der Waals surface area contributed by atoms with Crippen molar-refractivity contribution in [3.05, 3.63) is 35.1 Å². The minimum absolute atomic E-state index is 0.0219. The van der Waals surface area contributed by atoms with Gasteiger partial charge in [0.15, 0.2) is 0 Å². The predicted molar refractivity (Wildman–Crippen MR) is 59.1 cm³/mol. The molecule has 1 aromatic carbocycles. The van der Waals surface area contributed by atoms with Crippen LogP contribution in [-0.4, -0.2) is 46.3 Å². The van der Waals surface area contributed by atoms with E-state index in [1.54, 1.807) is 13.0 Å². The lowest BCUT2D eigenvalue weighted by atomic mass is 10.1. The van der Waals surface area contributed by atoms with Crippen molar-refractivity contribution in [2.24, 2.45) is 0 Å². The lowest BCUT2D eigenvalue weighted by Crippen LogP contribution is -2.30. The molecule has 5 heteroatoms. The third kappa shape index (κ3) is 2.30. The molecule has 0 radical (unpaired) electrons. The maximum absolute atomic E-state index is 13.5. The molecule has 2 atom stereocenters. The number of rotatable bonds is 1. The molecule has 1 heterocycles. The SMILES string of the molecule is Cc1ccc(F)c(C(=O)N2C[C@@H](O)[C@@H](O)C2)c1. The molecule has 17 heavy (non-hydrogen) atoms. The van der Waals surface area contributed by atoms with E-state index in [-0.39, 0.29) is 18.7 Å². The van der Waals surface area contributed by atoms with Gasteiger partial charge in [-0.2, -0.15) is 0 Å². The third-order valence-electron chi connectivity index (χ3n) is 2.90. The second-order valence-electron chi connectivity index (χ2n) is 4.33. The minimum atomic E-state index is -0.952. The van der Waals surface area contributed by atoms with Gasteiger partial charge >= 0.3 is 0 Å². The average molecular weight is 239 g/mol. The molecule has 0 unspecified atom stereocenters. The zero-order valence-corrected chi connectivity index (χ0v) is 9.43. The predicted octanol–water partition coefficient (Wildman–Crippen LogP) is 0.312. The number of aliphatic hydroxyl groups excluding tert-OH is 2. The summed E-state index contributed by atoms with van der Waals surface area (Å²) in [4.78, 5) is 13.2. The van der Waals surface area contributed by atoms with Crippen LogP contribution in [0.25, 0.3) is 0 Å². The molecular weight excluding hydrogens is 225 g/mol. The first-order valence-electron chi connectivity index (χ1n) is 5.40. The minimum Gasteiger partial charge on any atom is -0.388 e. The van der Waals surface area contributed by atoms with Crippen molar-refractivity contribution in [3.63, 3.8) is 0 Å². The summed E-state index contributed by atoms with van der Waals surface area (Å²) >= 11 is 0. The molecule has 1 saturated heterocycles. The Kier molecular flexibility index (Phi) is 3.13. The summed E-state index contributed by atoms with van der Waals surface area (Å²) in [5.41, 5.74) is 0.765. The molecule has 0 aromatic heterocycles. The van der Waals surface area contributed by atoms with Crippen LogP contribution in [0.4, 0.5) is 4.39 Å². The Hall–Kier alpha value is -1.46. The first-order valence-corrected chi connectivity index (χ1v) is 5.40. The van der Waals surface area contributed by atoms with Gasteiger partial charge in [0.1, 0.15) is 5.82 Å². The number of nitrogens with zero attached hydrogens (tertiary/aromatic N) is 1. The monoisotopic (exact) mass is 239 g/mol. The van der Waals surface area contributed by atoms with Crippen molar-refractivity contribution in [3.8, 4) is 0 Å². The first-order chi connectivity index (χ1) is 7.99. The molecule has 2 N–H and O–H groups in total. The molecule has 0 bridgehead atoms. The average Bonchev–Trinajstić information content (AvgIpc) is 2.62. The fourth-order valence-electron chi connectivity index (χ4n) is 1.91. The van der Waals surface area contributed by atoms with Crippen molar-refractivity contribution in [1.82, 2.24) is 4.90 Å². The second-order valence-corrected chi connectivity index (χ2v) is 4.33. The van der Waals surface area contributed by atoms with E-state index in [4.69, 9.17) is 0 Å². The maximum Gasteiger partial charge on any atom is 0.257 e. The Morgan fingerprint density at radius 1 is 1.35 bits per heavy atom. The smallest absolute Gasteiger partial charge is 0.257 e. The van der Waals surface area contributed by atoms with E-state index in [0.717, 1.165) is 5.56 Å². The molecule has 92 valence electrons. The fourth-order valence-corrected chi connectivity index (χ4v) is 1.91. The van der Waals surface area contributed by atoms with Crippen LogP contribution in [-0.2, 0) is 0 Å². The maximum atomic E-state index is 13.5. The highest BCUT2D eigenvalue weighted by molar-refractivity contribution is 5.95. The van der Waals surface area contributed by atoms with E-state index in [2.05, 4.69) is 0 Å². The third-order valence-corrected chi connectivity index (χ3v) is 2.90. The number of hydrogen-bond acceptors (Lipinski definition) is 3. The van der Waals surface area contributed by atoms with Gasteiger partial charge in [0.25, 0.3) is 5.91 Å². The Labute approximate surface area is 98.3 Å². The van der Waals surface area contributed by atoms with E-state index in [0.29, 0.717) is 0 Å². The van der Waals surface area contributed by atoms with Crippen molar-refractivity contribution < 1.29 is 19.4 Å². The van der Waals surface area contributed by atoms with Gasteiger partial charge < -0.3 is 15.1 Å². The highest BCUT2D eigenvalue weighted by Gasteiger charge is 2.33. The van der Waals surface area contributed by atoms with Crippen molar-refractivity contribution in [2.45, 2.75) is 19.1 Å². The molecule has 2 rings (SSSR count). The van der Waals surface area contributed by atoms with Crippen LogP contribution in [0.2, 0.25) is 0 Å². The zero-order chi connectivity index (χ0) is 12.6. The van der Waals surface area contributed by atoms with Gasteiger partial charge in [-0.1, -0.05) is 11.6 Å². The molecule has 4 nitrogen and oxygen atoms in total. The van der Waals surface area contributed by atoms with Crippen LogP contribution in [0.5, 0.6) is 0 Å². The van der Waals surface area contributed by atoms with Crippen LogP contribution in [0.15, 0.2) is 18.2 Å². The van der Waals surface area contributed by atoms with E-state index in [1.165, 1.54) is 17.0 Å². The topological polar surface area (TPSA) is 60.8 Å². The number of halogens is 1. The normalized spacial score (nSPS) is 24.1. The molecule has 0 aliphatic carbocycles. The number of carbonyl (C=O) groups excluding carboxylic acids is 1. The fraction of sp³-hybridized carbons (Fsp3) is 0.417. The van der Waals surface area contributed by atoms with Gasteiger partial charge in [-0.3, -0.25) is 4.79 Å². The molecule has 1 aliphatic rings. The zero-order valence-electron chi connectivity index (χ0n) is 9.43. The number of β-amino-alcohol motifs (C(OH)–C–C–N with tert-alkyl or cyclic N) is 2. The standard InChI is InChI=1S/C12H14FNO3/c1-7-2-3-9(13)8(4-7)12(17)14-5-10(15)11(16)6-14/h2-4,10-11,15-16H,5-6H2,1H3/t10-,11+. The van der Waals surface area contributed by atoms with Gasteiger partial charge in [-0.05, 0) is 19.1 Å². The largest absolute Gasteiger partial charge is 0.388 e. The number of likely N-dealkylation sites (tertiary alicyclic amines) is 1. The van der Waals surface area contributed by atoms with E-state index < -0.39 is 23.9 Å². The van der Waals surface area contributed by atoms with E-state index in [1.807, 2.05) is 0 Å². The molecule has 0 saturated carbocycles. The van der Waals surface area contributed by atoms with Gasteiger partial charge in [-0.15, -0.1) is 0 Å². The van der Waals surface area contributed by atoms with Crippen LogP contribution in [0.3, 0.4) is 0 Å². The number of amides is 1. The van der Waals surface area contributed by atoms with E-state index in [9.17, 15) is 19.4 Å². The van der Waals surface area contributed by atoms with Gasteiger partial charge in [0.05, 0.1) is 17.8 Å². The van der Waals surface area contributed by atoms with Crippen LogP contribution in [0.1, 0.15) is 15.9 Å². The van der Waals surface area contributed by atoms with Gasteiger partial charge in [-0.25, -0.2) is 4.39 Å². The summed E-state index contributed by atoms with van der Waals surface area (Å²) in [6.45, 7) is 1.84. The van der Waals surface area contributed by atoms with Crippen LogP contribution >= 0.6 is 0 Å². The van der Waals surface area contributed by atoms with Gasteiger partial charge in [0, 0.05) is 13.1 Å². The number of benzene rings is 1.